The number of allylic oxidation sites excluding steroid dienone is 1. The molecule has 4 amide bonds. The van der Waals surface area contributed by atoms with E-state index in [1.807, 2.05) is 0 Å². The number of nitrogens with zero attached hydrogens (tertiary/aromatic N) is 1. The van der Waals surface area contributed by atoms with Crippen LogP contribution in [0.3, 0.4) is 0 Å². The molecule has 4 rings (SSSR count). The highest BCUT2D eigenvalue weighted by atomic mass is 19.1. The molecule has 0 radical (unpaired) electrons. The Morgan fingerprint density at radius 3 is 2.37 bits per heavy atom. The molecule has 41 heavy (non-hydrogen) atoms. The number of carbonyl (C=O) groups is 4. The Bertz CT molecular complexity index is 1530. The fourth-order valence-electron chi connectivity index (χ4n) is 4.16. The third-order valence-electron chi connectivity index (χ3n) is 6.07. The third-order valence-corrected chi connectivity index (χ3v) is 6.07. The van der Waals surface area contributed by atoms with Crippen LogP contribution in [0.25, 0.3) is 6.08 Å². The number of carbonyl (C=O) groups excluding carboxylic acids is 4. The zero-order chi connectivity index (χ0) is 29.5. The fraction of sp³-hybridized carbons (Fsp3) is 0.161. The van der Waals surface area contributed by atoms with E-state index in [2.05, 4.69) is 16.6 Å². The Labute approximate surface area is 235 Å². The summed E-state index contributed by atoms with van der Waals surface area (Å²) < 4.78 is 29.9. The third kappa shape index (κ3) is 6.50. The van der Waals surface area contributed by atoms with Crippen molar-refractivity contribution in [3.05, 3.63) is 107 Å². The summed E-state index contributed by atoms with van der Waals surface area (Å²) in [6, 6.07) is 14.0. The Kier molecular flexibility index (Phi) is 8.93. The Morgan fingerprint density at radius 1 is 1.02 bits per heavy atom. The minimum absolute atomic E-state index is 0.150. The van der Waals surface area contributed by atoms with Crippen molar-refractivity contribution in [3.63, 3.8) is 0 Å². The van der Waals surface area contributed by atoms with Gasteiger partial charge in [0.2, 0.25) is 0 Å². The van der Waals surface area contributed by atoms with Crippen molar-refractivity contribution in [2.24, 2.45) is 0 Å². The standard InChI is InChI=1S/C31H27FN2O7/c1-4-6-22-15-20(17-26(40-5-2)27(22)41-18-19-7-11-23(32)12-8-19)16-25-28(35)33-31(38)34(29(25)36)24-13-9-21(10-14-24)30(37)39-3/h4,7-17H,1,5-6,18H2,2-3H3,(H,33,35,38)/b25-16+. The van der Waals surface area contributed by atoms with Gasteiger partial charge in [0.25, 0.3) is 11.8 Å². The molecule has 0 aliphatic carbocycles. The molecule has 3 aromatic carbocycles. The minimum atomic E-state index is -0.921. The first-order chi connectivity index (χ1) is 19.7. The molecule has 1 N–H and O–H groups in total. The predicted molar refractivity (Wildman–Crippen MR) is 149 cm³/mol. The van der Waals surface area contributed by atoms with E-state index >= 15 is 0 Å². The number of benzene rings is 3. The zero-order valence-electron chi connectivity index (χ0n) is 22.4. The van der Waals surface area contributed by atoms with Crippen molar-refractivity contribution in [3.8, 4) is 11.5 Å². The van der Waals surface area contributed by atoms with Gasteiger partial charge in [-0.15, -0.1) is 6.58 Å². The van der Waals surface area contributed by atoms with Crippen LogP contribution in [0, 0.1) is 5.82 Å². The van der Waals surface area contributed by atoms with Crippen molar-refractivity contribution >= 4 is 35.6 Å². The number of ether oxygens (including phenoxy) is 3. The number of nitrogens with one attached hydrogen (secondary N) is 1. The van der Waals surface area contributed by atoms with Gasteiger partial charge in [-0.2, -0.15) is 0 Å². The van der Waals surface area contributed by atoms with Gasteiger partial charge in [0.15, 0.2) is 11.5 Å². The van der Waals surface area contributed by atoms with Crippen LogP contribution >= 0.6 is 0 Å². The lowest BCUT2D eigenvalue weighted by Crippen LogP contribution is -2.54. The van der Waals surface area contributed by atoms with Crippen molar-refractivity contribution in [2.45, 2.75) is 20.0 Å². The molecular formula is C31H27FN2O7. The van der Waals surface area contributed by atoms with E-state index in [0.29, 0.717) is 35.7 Å². The summed E-state index contributed by atoms with van der Waals surface area (Å²) in [5, 5.41) is 2.18. The maximum absolute atomic E-state index is 13.4. The highest BCUT2D eigenvalue weighted by molar-refractivity contribution is 6.39. The summed E-state index contributed by atoms with van der Waals surface area (Å²) >= 11 is 0. The topological polar surface area (TPSA) is 111 Å². The largest absolute Gasteiger partial charge is 0.490 e. The monoisotopic (exact) mass is 558 g/mol. The highest BCUT2D eigenvalue weighted by Gasteiger charge is 2.37. The molecule has 0 aromatic heterocycles. The Balaban J connectivity index is 1.69. The Morgan fingerprint density at radius 2 is 1.73 bits per heavy atom. The molecule has 3 aromatic rings. The molecule has 0 spiro atoms. The predicted octanol–water partition coefficient (Wildman–Crippen LogP) is 4.98. The van der Waals surface area contributed by atoms with Gasteiger partial charge in [-0.25, -0.2) is 18.9 Å². The summed E-state index contributed by atoms with van der Waals surface area (Å²) in [4.78, 5) is 51.3. The van der Waals surface area contributed by atoms with Crippen LogP contribution in [0.15, 0.2) is 78.9 Å². The van der Waals surface area contributed by atoms with Gasteiger partial charge in [-0.05, 0) is 79.1 Å². The summed E-state index contributed by atoms with van der Waals surface area (Å²) in [7, 11) is 1.24. The summed E-state index contributed by atoms with van der Waals surface area (Å²) in [6.07, 6.45) is 3.41. The number of anilines is 1. The minimum Gasteiger partial charge on any atom is -0.490 e. The van der Waals surface area contributed by atoms with E-state index in [-0.39, 0.29) is 29.2 Å². The number of urea groups is 1. The first-order valence-electron chi connectivity index (χ1n) is 12.6. The van der Waals surface area contributed by atoms with Crippen LogP contribution in [0.4, 0.5) is 14.9 Å². The van der Waals surface area contributed by atoms with Crippen molar-refractivity contribution in [1.29, 1.82) is 0 Å². The van der Waals surface area contributed by atoms with Crippen molar-refractivity contribution in [1.82, 2.24) is 5.32 Å². The molecule has 210 valence electrons. The maximum atomic E-state index is 13.4. The Hall–Kier alpha value is -5.25. The number of esters is 1. The molecule has 1 aliphatic heterocycles. The molecule has 9 nitrogen and oxygen atoms in total. The van der Waals surface area contributed by atoms with E-state index in [4.69, 9.17) is 9.47 Å². The lowest BCUT2D eigenvalue weighted by atomic mass is 10.0. The van der Waals surface area contributed by atoms with Crippen LogP contribution in [0.5, 0.6) is 11.5 Å². The molecule has 0 bridgehead atoms. The number of barbiturate groups is 1. The molecular weight excluding hydrogens is 531 g/mol. The number of methoxy groups -OCH3 is 1. The highest BCUT2D eigenvalue weighted by Crippen LogP contribution is 2.36. The summed E-state index contributed by atoms with van der Waals surface area (Å²) in [5.74, 6) is -1.82. The summed E-state index contributed by atoms with van der Waals surface area (Å²) in [6.45, 7) is 6.06. The van der Waals surface area contributed by atoms with E-state index in [1.54, 1.807) is 37.3 Å². The average molecular weight is 559 g/mol. The zero-order valence-corrected chi connectivity index (χ0v) is 22.4. The SMILES string of the molecule is C=CCc1cc(/C=C2\C(=O)NC(=O)N(c3ccc(C(=O)OC)cc3)C2=O)cc(OCC)c1OCc1ccc(F)cc1. The van der Waals surface area contributed by atoms with Gasteiger partial charge in [0, 0.05) is 5.56 Å². The van der Waals surface area contributed by atoms with E-state index < -0.39 is 23.8 Å². The maximum Gasteiger partial charge on any atom is 0.337 e. The van der Waals surface area contributed by atoms with Gasteiger partial charge in [-0.1, -0.05) is 18.2 Å². The van der Waals surface area contributed by atoms with Gasteiger partial charge in [0.05, 0.1) is 25.0 Å². The van der Waals surface area contributed by atoms with E-state index in [1.165, 1.54) is 49.6 Å². The second kappa shape index (κ2) is 12.7. The average Bonchev–Trinajstić information content (AvgIpc) is 2.96. The van der Waals surface area contributed by atoms with Gasteiger partial charge in [0.1, 0.15) is 18.0 Å². The van der Waals surface area contributed by atoms with Gasteiger partial charge < -0.3 is 14.2 Å². The normalized spacial score (nSPS) is 14.1. The number of rotatable bonds is 10. The lowest BCUT2D eigenvalue weighted by molar-refractivity contribution is -0.122. The molecule has 0 saturated carbocycles. The fourth-order valence-corrected chi connectivity index (χ4v) is 4.16. The second-order valence-corrected chi connectivity index (χ2v) is 8.84. The smallest absolute Gasteiger partial charge is 0.337 e. The summed E-state index contributed by atoms with van der Waals surface area (Å²) in [5.41, 5.74) is 1.98. The van der Waals surface area contributed by atoms with Gasteiger partial charge >= 0.3 is 12.0 Å². The lowest BCUT2D eigenvalue weighted by Gasteiger charge is -2.26. The van der Waals surface area contributed by atoms with Crippen LogP contribution in [-0.2, 0) is 27.4 Å². The number of amides is 4. The first-order valence-corrected chi connectivity index (χ1v) is 12.6. The number of hydrogen-bond acceptors (Lipinski definition) is 7. The second-order valence-electron chi connectivity index (χ2n) is 8.84. The number of halogens is 1. The number of imide groups is 2. The molecule has 0 unspecified atom stereocenters. The van der Waals surface area contributed by atoms with Crippen LogP contribution in [0.2, 0.25) is 0 Å². The molecule has 1 heterocycles. The van der Waals surface area contributed by atoms with E-state index in [9.17, 15) is 23.6 Å². The molecule has 1 saturated heterocycles. The molecule has 0 atom stereocenters. The van der Waals surface area contributed by atoms with Crippen LogP contribution in [-0.4, -0.2) is 37.5 Å². The van der Waals surface area contributed by atoms with Crippen LogP contribution in [0.1, 0.15) is 34.0 Å². The first kappa shape index (κ1) is 28.8. The molecule has 10 heteroatoms. The van der Waals surface area contributed by atoms with Gasteiger partial charge in [-0.3, -0.25) is 14.9 Å². The van der Waals surface area contributed by atoms with Crippen LogP contribution < -0.4 is 19.7 Å². The molecule has 1 aliphatic rings. The van der Waals surface area contributed by atoms with Crippen molar-refractivity contribution in [2.75, 3.05) is 18.6 Å². The molecule has 1 fully saturated rings. The van der Waals surface area contributed by atoms with Crippen molar-refractivity contribution < 1.29 is 37.8 Å². The van der Waals surface area contributed by atoms with E-state index in [0.717, 1.165) is 10.5 Å². The number of hydrogen-bond donors (Lipinski definition) is 1. The quantitative estimate of drug-likeness (QED) is 0.162.